The third kappa shape index (κ3) is 5.04. The van der Waals surface area contributed by atoms with E-state index in [9.17, 15) is 18.0 Å². The van der Waals surface area contributed by atoms with E-state index in [-0.39, 0.29) is 28.7 Å². The number of nitrogens with zero attached hydrogens (tertiary/aromatic N) is 3. The second-order valence-corrected chi connectivity index (χ2v) is 10.9. The van der Waals surface area contributed by atoms with Gasteiger partial charge in [-0.15, -0.1) is 0 Å². The first-order chi connectivity index (χ1) is 17.3. The van der Waals surface area contributed by atoms with Crippen molar-refractivity contribution in [3.8, 4) is 0 Å². The molecule has 0 aromatic heterocycles. The van der Waals surface area contributed by atoms with Gasteiger partial charge < -0.3 is 0 Å². The first-order valence-corrected chi connectivity index (χ1v) is 13.4. The molecular formula is C27H28N4O4S. The van der Waals surface area contributed by atoms with Crippen LogP contribution in [0.1, 0.15) is 31.8 Å². The maximum Gasteiger partial charge on any atom is 0.262 e. The zero-order chi connectivity index (χ0) is 25.3. The molecule has 0 radical (unpaired) electrons. The number of fused-ring (bicyclic) bond motifs is 1. The van der Waals surface area contributed by atoms with E-state index in [0.29, 0.717) is 5.56 Å². The second-order valence-electron chi connectivity index (χ2n) is 9.24. The van der Waals surface area contributed by atoms with Crippen LogP contribution >= 0.6 is 0 Å². The zero-order valence-corrected chi connectivity index (χ0v) is 20.9. The van der Waals surface area contributed by atoms with Gasteiger partial charge in [-0.1, -0.05) is 48.0 Å². The molecule has 3 aromatic carbocycles. The Morgan fingerprint density at radius 2 is 1.42 bits per heavy atom. The summed E-state index contributed by atoms with van der Waals surface area (Å²) < 4.78 is 28.0. The number of carbonyl (C=O) groups is 2. The standard InChI is InChI=1S/C27H28N4O4S/c1-20-7-10-23(11-8-20)36(34,35)28-22-9-12-24-25(17-22)27(33)31(26(24)32)19-30-15-13-29(14-16-30)18-21-5-3-2-4-6-21/h2-12,17,28H,13-16,18-19H2,1H3. The SMILES string of the molecule is Cc1ccc(S(=O)(=O)Nc2ccc3c(c2)C(=O)N(CN2CCN(Cc4ccccc4)CC2)C3=O)cc1. The first kappa shape index (κ1) is 24.2. The molecule has 0 atom stereocenters. The van der Waals surface area contributed by atoms with Gasteiger partial charge in [-0.2, -0.15) is 0 Å². The molecule has 2 aliphatic rings. The van der Waals surface area contributed by atoms with Crippen molar-refractivity contribution in [3.05, 3.63) is 95.1 Å². The predicted molar refractivity (Wildman–Crippen MR) is 137 cm³/mol. The van der Waals surface area contributed by atoms with Gasteiger partial charge in [0, 0.05) is 38.4 Å². The lowest BCUT2D eigenvalue weighted by atomic mass is 10.1. The Morgan fingerprint density at radius 1 is 0.778 bits per heavy atom. The van der Waals surface area contributed by atoms with Gasteiger partial charge in [0.1, 0.15) is 0 Å². The molecule has 186 valence electrons. The summed E-state index contributed by atoms with van der Waals surface area (Å²) in [7, 11) is -3.82. The lowest BCUT2D eigenvalue weighted by molar-refractivity contribution is 0.0447. The van der Waals surface area contributed by atoms with Crippen LogP contribution in [0.25, 0.3) is 0 Å². The Balaban J connectivity index is 1.22. The number of hydrogen-bond acceptors (Lipinski definition) is 6. The summed E-state index contributed by atoms with van der Waals surface area (Å²) in [6, 6.07) is 21.3. The molecular weight excluding hydrogens is 476 g/mol. The Bertz CT molecular complexity index is 1380. The average molecular weight is 505 g/mol. The smallest absolute Gasteiger partial charge is 0.262 e. The molecule has 1 N–H and O–H groups in total. The Labute approximate surface area is 211 Å². The molecule has 0 unspecified atom stereocenters. The van der Waals surface area contributed by atoms with Gasteiger partial charge in [0.05, 0.1) is 22.7 Å². The van der Waals surface area contributed by atoms with Gasteiger partial charge in [0.25, 0.3) is 21.8 Å². The Morgan fingerprint density at radius 3 is 2.11 bits per heavy atom. The Kier molecular flexibility index (Phi) is 6.61. The number of piperazine rings is 1. The van der Waals surface area contributed by atoms with Crippen molar-refractivity contribution in [1.29, 1.82) is 0 Å². The molecule has 9 heteroatoms. The highest BCUT2D eigenvalue weighted by Gasteiger charge is 2.37. The highest BCUT2D eigenvalue weighted by atomic mass is 32.2. The topological polar surface area (TPSA) is 90.0 Å². The summed E-state index contributed by atoms with van der Waals surface area (Å²) in [5.41, 5.74) is 2.97. The molecule has 36 heavy (non-hydrogen) atoms. The van der Waals surface area contributed by atoms with Crippen molar-refractivity contribution in [2.24, 2.45) is 0 Å². The number of anilines is 1. The number of benzene rings is 3. The van der Waals surface area contributed by atoms with Crippen molar-refractivity contribution < 1.29 is 18.0 Å². The maximum absolute atomic E-state index is 13.1. The number of amides is 2. The van der Waals surface area contributed by atoms with Gasteiger partial charge in [0.2, 0.25) is 0 Å². The molecule has 2 heterocycles. The van der Waals surface area contributed by atoms with E-state index in [1.54, 1.807) is 12.1 Å². The summed E-state index contributed by atoms with van der Waals surface area (Å²) in [5.74, 6) is -0.757. The fraction of sp³-hybridized carbons (Fsp3) is 0.259. The number of rotatable bonds is 7. The highest BCUT2D eigenvalue weighted by Crippen LogP contribution is 2.27. The van der Waals surface area contributed by atoms with Crippen LogP contribution in [0, 0.1) is 6.92 Å². The third-order valence-electron chi connectivity index (χ3n) is 6.61. The molecule has 2 aliphatic heterocycles. The molecule has 8 nitrogen and oxygen atoms in total. The van der Waals surface area contributed by atoms with Crippen LogP contribution in [0.3, 0.4) is 0 Å². The molecule has 0 saturated carbocycles. The molecule has 0 bridgehead atoms. The maximum atomic E-state index is 13.1. The summed E-state index contributed by atoms with van der Waals surface area (Å²) in [4.78, 5) is 31.9. The fourth-order valence-corrected chi connectivity index (χ4v) is 5.59. The summed E-state index contributed by atoms with van der Waals surface area (Å²) >= 11 is 0. The van der Waals surface area contributed by atoms with Crippen LogP contribution in [0.2, 0.25) is 0 Å². The summed E-state index contributed by atoms with van der Waals surface area (Å²) in [5, 5.41) is 0. The van der Waals surface area contributed by atoms with Crippen LogP contribution in [0.15, 0.2) is 77.7 Å². The van der Waals surface area contributed by atoms with Crippen molar-refractivity contribution in [2.75, 3.05) is 37.6 Å². The predicted octanol–water partition coefficient (Wildman–Crippen LogP) is 3.17. The molecule has 3 aromatic rings. The van der Waals surface area contributed by atoms with E-state index < -0.39 is 15.9 Å². The molecule has 0 aliphatic carbocycles. The van der Waals surface area contributed by atoms with Crippen LogP contribution in [-0.4, -0.2) is 67.8 Å². The van der Waals surface area contributed by atoms with Gasteiger partial charge in [0.15, 0.2) is 0 Å². The molecule has 1 saturated heterocycles. The highest BCUT2D eigenvalue weighted by molar-refractivity contribution is 7.92. The molecule has 2 amide bonds. The van der Waals surface area contributed by atoms with Crippen LogP contribution in [0.5, 0.6) is 0 Å². The Hall–Kier alpha value is -3.53. The first-order valence-electron chi connectivity index (χ1n) is 11.9. The largest absolute Gasteiger partial charge is 0.297 e. The molecule has 1 fully saturated rings. The third-order valence-corrected chi connectivity index (χ3v) is 8.01. The summed E-state index contributed by atoms with van der Waals surface area (Å²) in [6.45, 7) is 6.18. The average Bonchev–Trinajstić information content (AvgIpc) is 3.10. The number of hydrogen-bond donors (Lipinski definition) is 1. The minimum atomic E-state index is -3.82. The number of imide groups is 1. The number of aryl methyl sites for hydroxylation is 1. The molecule has 0 spiro atoms. The van der Waals surface area contributed by atoms with E-state index in [4.69, 9.17) is 0 Å². The van der Waals surface area contributed by atoms with Gasteiger partial charge in [-0.3, -0.25) is 29.0 Å². The van der Waals surface area contributed by atoms with Crippen LogP contribution in [-0.2, 0) is 16.6 Å². The van der Waals surface area contributed by atoms with Crippen LogP contribution < -0.4 is 4.72 Å². The van der Waals surface area contributed by atoms with Gasteiger partial charge in [-0.05, 0) is 42.8 Å². The van der Waals surface area contributed by atoms with Gasteiger partial charge in [-0.25, -0.2) is 8.42 Å². The minimum absolute atomic E-state index is 0.129. The van der Waals surface area contributed by atoms with Crippen molar-refractivity contribution in [1.82, 2.24) is 14.7 Å². The van der Waals surface area contributed by atoms with Crippen LogP contribution in [0.4, 0.5) is 5.69 Å². The van der Waals surface area contributed by atoms with Crippen molar-refractivity contribution >= 4 is 27.5 Å². The fourth-order valence-electron chi connectivity index (χ4n) is 4.54. The van der Waals surface area contributed by atoms with E-state index in [1.165, 1.54) is 40.8 Å². The normalized spacial score (nSPS) is 16.9. The summed E-state index contributed by atoms with van der Waals surface area (Å²) in [6.07, 6.45) is 0. The second kappa shape index (κ2) is 9.85. The minimum Gasteiger partial charge on any atom is -0.297 e. The van der Waals surface area contributed by atoms with Gasteiger partial charge >= 0.3 is 0 Å². The lowest BCUT2D eigenvalue weighted by Gasteiger charge is -2.36. The van der Waals surface area contributed by atoms with E-state index in [1.807, 2.05) is 25.1 Å². The number of sulfonamides is 1. The number of nitrogens with one attached hydrogen (secondary N) is 1. The molecule has 5 rings (SSSR count). The lowest BCUT2D eigenvalue weighted by Crippen LogP contribution is -2.50. The van der Waals surface area contributed by atoms with E-state index >= 15 is 0 Å². The van der Waals surface area contributed by atoms with E-state index in [2.05, 4.69) is 26.7 Å². The monoisotopic (exact) mass is 504 g/mol. The van der Waals surface area contributed by atoms with Crippen molar-refractivity contribution in [3.63, 3.8) is 0 Å². The van der Waals surface area contributed by atoms with E-state index in [0.717, 1.165) is 38.3 Å². The van der Waals surface area contributed by atoms with Crippen molar-refractivity contribution in [2.45, 2.75) is 18.4 Å². The quantitative estimate of drug-likeness (QED) is 0.497. The zero-order valence-electron chi connectivity index (χ0n) is 20.1. The number of carbonyl (C=O) groups excluding carboxylic acids is 2.